The molecule has 5 nitrogen and oxygen atoms in total. The molecule has 0 bridgehead atoms. The van der Waals surface area contributed by atoms with Gasteiger partial charge in [-0.3, -0.25) is 14.9 Å². The summed E-state index contributed by atoms with van der Waals surface area (Å²) < 4.78 is 0. The molecule has 2 rings (SSSR count). The normalized spacial score (nSPS) is 19.4. The van der Waals surface area contributed by atoms with E-state index >= 15 is 0 Å². The molecule has 1 aliphatic heterocycles. The summed E-state index contributed by atoms with van der Waals surface area (Å²) in [4.78, 5) is 24.3. The summed E-state index contributed by atoms with van der Waals surface area (Å²) in [6, 6.07) is 4.72. The van der Waals surface area contributed by atoms with Crippen molar-refractivity contribution in [3.05, 3.63) is 38.9 Å². The van der Waals surface area contributed by atoms with Crippen LogP contribution in [0.5, 0.6) is 0 Å². The number of nitro groups is 1. The zero-order chi connectivity index (χ0) is 15.4. The Balaban J connectivity index is 2.12. The minimum Gasteiger partial charge on any atom is -0.338 e. The summed E-state index contributed by atoms with van der Waals surface area (Å²) in [6.07, 6.45) is 3.59. The van der Waals surface area contributed by atoms with E-state index in [1.54, 1.807) is 11.0 Å². The summed E-state index contributed by atoms with van der Waals surface area (Å²) in [5.74, 6) is 0.724. The third-order valence-electron chi connectivity index (χ3n) is 4.08. The number of hydrogen-bond acceptors (Lipinski definition) is 3. The molecule has 114 valence electrons. The average Bonchev–Trinajstić information content (AvgIpc) is 2.63. The zero-order valence-corrected chi connectivity index (χ0v) is 12.8. The van der Waals surface area contributed by atoms with Gasteiger partial charge in [-0.05, 0) is 30.4 Å². The molecule has 21 heavy (non-hydrogen) atoms. The fourth-order valence-electron chi connectivity index (χ4n) is 2.69. The molecule has 0 spiro atoms. The largest absolute Gasteiger partial charge is 0.338 e. The fraction of sp³-hybridized carbons (Fsp3) is 0.533. The lowest BCUT2D eigenvalue weighted by Crippen LogP contribution is -2.29. The Bertz CT molecular complexity index is 548. The van der Waals surface area contributed by atoms with Crippen LogP contribution in [0, 0.1) is 16.0 Å². The maximum Gasteiger partial charge on any atom is 0.288 e. The molecule has 1 atom stereocenters. The van der Waals surface area contributed by atoms with Crippen LogP contribution < -0.4 is 0 Å². The Labute approximate surface area is 129 Å². The Morgan fingerprint density at radius 1 is 1.43 bits per heavy atom. The molecule has 1 aromatic rings. The van der Waals surface area contributed by atoms with E-state index in [0.717, 1.165) is 24.8 Å². The molecular weight excluding hydrogens is 292 g/mol. The molecule has 0 radical (unpaired) electrons. The summed E-state index contributed by atoms with van der Waals surface area (Å²) in [5.41, 5.74) is 0.636. The zero-order valence-electron chi connectivity index (χ0n) is 12.0. The van der Waals surface area contributed by atoms with Crippen molar-refractivity contribution in [1.82, 2.24) is 4.90 Å². The van der Waals surface area contributed by atoms with Gasteiger partial charge in [0, 0.05) is 25.6 Å². The van der Waals surface area contributed by atoms with Gasteiger partial charge in [-0.1, -0.05) is 31.0 Å². The minimum atomic E-state index is -0.497. The van der Waals surface area contributed by atoms with Gasteiger partial charge in [0.05, 0.1) is 4.92 Å². The number of rotatable bonds is 4. The smallest absolute Gasteiger partial charge is 0.288 e. The van der Waals surface area contributed by atoms with E-state index in [9.17, 15) is 14.9 Å². The van der Waals surface area contributed by atoms with E-state index in [2.05, 4.69) is 6.92 Å². The summed E-state index contributed by atoms with van der Waals surface area (Å²) in [6.45, 7) is 3.27. The van der Waals surface area contributed by atoms with E-state index in [1.807, 2.05) is 0 Å². The van der Waals surface area contributed by atoms with Gasteiger partial charge in [0.15, 0.2) is 0 Å². The highest BCUT2D eigenvalue weighted by Crippen LogP contribution is 2.27. The summed E-state index contributed by atoms with van der Waals surface area (Å²) >= 11 is 5.80. The molecule has 1 saturated heterocycles. The van der Waals surface area contributed by atoms with Crippen molar-refractivity contribution in [2.45, 2.75) is 39.2 Å². The quantitative estimate of drug-likeness (QED) is 0.628. The monoisotopic (exact) mass is 310 g/mol. The van der Waals surface area contributed by atoms with E-state index in [4.69, 9.17) is 11.6 Å². The topological polar surface area (TPSA) is 63.5 Å². The van der Waals surface area contributed by atoms with Gasteiger partial charge in [0.2, 0.25) is 5.91 Å². The van der Waals surface area contributed by atoms with Crippen molar-refractivity contribution >= 4 is 23.2 Å². The molecule has 0 saturated carbocycles. The number of likely N-dealkylation sites (tertiary alicyclic amines) is 1. The third kappa shape index (κ3) is 3.94. The Kier molecular flexibility index (Phi) is 5.17. The lowest BCUT2D eigenvalue weighted by molar-refractivity contribution is -0.384. The predicted octanol–water partition coefficient (Wildman–Crippen LogP) is 3.79. The minimum absolute atomic E-state index is 0.108. The fourth-order valence-corrected chi connectivity index (χ4v) is 2.87. The molecule has 1 unspecified atom stereocenters. The van der Waals surface area contributed by atoms with Crippen LogP contribution in [0.1, 0.15) is 38.2 Å². The number of nitrogens with zero attached hydrogens (tertiary/aromatic N) is 2. The average molecular weight is 311 g/mol. The summed E-state index contributed by atoms with van der Waals surface area (Å²) in [5, 5.41) is 11.0. The number of carbonyl (C=O) groups excluding carboxylic acids is 1. The molecule has 1 aromatic carbocycles. The van der Waals surface area contributed by atoms with E-state index in [0.29, 0.717) is 25.4 Å². The van der Waals surface area contributed by atoms with E-state index < -0.39 is 4.92 Å². The van der Waals surface area contributed by atoms with Crippen LogP contribution in [0.25, 0.3) is 0 Å². The molecule has 1 fully saturated rings. The maximum atomic E-state index is 12.1. The van der Waals surface area contributed by atoms with E-state index in [1.165, 1.54) is 12.1 Å². The molecule has 1 heterocycles. The first-order chi connectivity index (χ1) is 10.0. The number of amides is 1. The van der Waals surface area contributed by atoms with Crippen molar-refractivity contribution in [1.29, 1.82) is 0 Å². The van der Waals surface area contributed by atoms with Crippen molar-refractivity contribution < 1.29 is 9.72 Å². The van der Waals surface area contributed by atoms with Gasteiger partial charge in [-0.25, -0.2) is 0 Å². The van der Waals surface area contributed by atoms with Crippen molar-refractivity contribution in [2.75, 3.05) is 6.54 Å². The van der Waals surface area contributed by atoms with Crippen molar-refractivity contribution in [2.24, 2.45) is 5.92 Å². The molecule has 0 aliphatic carbocycles. The second-order valence-corrected chi connectivity index (χ2v) is 5.87. The first-order valence-electron chi connectivity index (χ1n) is 7.21. The summed E-state index contributed by atoms with van der Waals surface area (Å²) in [7, 11) is 0. The number of halogens is 1. The Morgan fingerprint density at radius 3 is 2.86 bits per heavy atom. The highest BCUT2D eigenvalue weighted by atomic mass is 35.5. The molecule has 1 aliphatic rings. The van der Waals surface area contributed by atoms with Crippen LogP contribution in [0.3, 0.4) is 0 Å². The van der Waals surface area contributed by atoms with Crippen LogP contribution in [-0.2, 0) is 11.3 Å². The van der Waals surface area contributed by atoms with Crippen molar-refractivity contribution in [3.8, 4) is 0 Å². The Morgan fingerprint density at radius 2 is 2.19 bits per heavy atom. The third-order valence-corrected chi connectivity index (χ3v) is 4.40. The van der Waals surface area contributed by atoms with Gasteiger partial charge in [-0.15, -0.1) is 0 Å². The van der Waals surface area contributed by atoms with Gasteiger partial charge < -0.3 is 4.90 Å². The molecule has 0 N–H and O–H groups in total. The van der Waals surface area contributed by atoms with Gasteiger partial charge in [0.25, 0.3) is 5.69 Å². The number of benzene rings is 1. The van der Waals surface area contributed by atoms with Crippen molar-refractivity contribution in [3.63, 3.8) is 0 Å². The van der Waals surface area contributed by atoms with Gasteiger partial charge in [-0.2, -0.15) is 0 Å². The van der Waals surface area contributed by atoms with Crippen LogP contribution in [0.4, 0.5) is 5.69 Å². The molecule has 0 aromatic heterocycles. The standard InChI is InChI=1S/C15H19ClN2O3/c1-2-11-4-6-15(19)17(8-7-11)10-12-3-5-13(16)14(9-12)18(20)21/h3,5,9,11H,2,4,6-8,10H2,1H3. The SMILES string of the molecule is CCC1CCC(=O)N(Cc2ccc(Cl)c([N+](=O)[O-])c2)CC1. The molecule has 6 heteroatoms. The van der Waals surface area contributed by atoms with Gasteiger partial charge in [0.1, 0.15) is 5.02 Å². The van der Waals surface area contributed by atoms with Gasteiger partial charge >= 0.3 is 0 Å². The lowest BCUT2D eigenvalue weighted by Gasteiger charge is -2.21. The number of nitro benzene ring substituents is 1. The highest BCUT2D eigenvalue weighted by molar-refractivity contribution is 6.32. The van der Waals surface area contributed by atoms with Crippen LogP contribution >= 0.6 is 11.6 Å². The van der Waals surface area contributed by atoms with Crippen LogP contribution in [-0.4, -0.2) is 22.3 Å². The first kappa shape index (κ1) is 15.8. The first-order valence-corrected chi connectivity index (χ1v) is 7.59. The predicted molar refractivity (Wildman–Crippen MR) is 81.2 cm³/mol. The molecular formula is C15H19ClN2O3. The number of carbonyl (C=O) groups is 1. The van der Waals surface area contributed by atoms with Crippen LogP contribution in [0.2, 0.25) is 5.02 Å². The lowest BCUT2D eigenvalue weighted by atomic mass is 9.98. The number of hydrogen-bond donors (Lipinski definition) is 0. The second kappa shape index (κ2) is 6.89. The highest BCUT2D eigenvalue weighted by Gasteiger charge is 2.22. The maximum absolute atomic E-state index is 12.1. The van der Waals surface area contributed by atoms with E-state index in [-0.39, 0.29) is 16.6 Å². The van der Waals surface area contributed by atoms with Crippen LogP contribution in [0.15, 0.2) is 18.2 Å². The molecule has 1 amide bonds. The second-order valence-electron chi connectivity index (χ2n) is 5.46. The Hall–Kier alpha value is -1.62.